The van der Waals surface area contributed by atoms with Gasteiger partial charge in [-0.05, 0) is 56.0 Å². The number of para-hydroxylation sites is 1. The van der Waals surface area contributed by atoms with Gasteiger partial charge in [-0.3, -0.25) is 9.59 Å². The van der Waals surface area contributed by atoms with Crippen molar-refractivity contribution in [2.45, 2.75) is 12.8 Å². The molecule has 1 aliphatic rings. The lowest BCUT2D eigenvalue weighted by molar-refractivity contribution is -0.119. The van der Waals surface area contributed by atoms with Crippen LogP contribution in [0, 0.1) is 0 Å². The first-order valence-electron chi connectivity index (χ1n) is 10.6. The van der Waals surface area contributed by atoms with Crippen molar-refractivity contribution in [1.29, 1.82) is 0 Å². The van der Waals surface area contributed by atoms with Gasteiger partial charge in [0.2, 0.25) is 5.91 Å². The summed E-state index contributed by atoms with van der Waals surface area (Å²) in [4.78, 5) is 29.2. The Kier molecular flexibility index (Phi) is 9.31. The molecule has 0 aliphatic carbocycles. The third-order valence-electron chi connectivity index (χ3n) is 5.15. The van der Waals surface area contributed by atoms with Gasteiger partial charge in [-0.2, -0.15) is 0 Å². The van der Waals surface area contributed by atoms with Crippen LogP contribution in [-0.4, -0.2) is 66.6 Å². The number of likely N-dealkylation sites (N-methyl/N-ethyl adjacent to an activating group) is 1. The maximum Gasteiger partial charge on any atom is 0.256 e. The van der Waals surface area contributed by atoms with Gasteiger partial charge in [-0.25, -0.2) is 0 Å². The number of benzene rings is 2. The molecule has 0 bridgehead atoms. The molecule has 0 saturated carbocycles. The molecule has 0 aromatic heterocycles. The number of piperazine rings is 1. The summed E-state index contributed by atoms with van der Waals surface area (Å²) in [7, 11) is 2.04. The average Bonchev–Trinajstić information content (AvgIpc) is 2.78. The Balaban J connectivity index is 1.46. The van der Waals surface area contributed by atoms with E-state index in [0.717, 1.165) is 13.1 Å². The molecule has 0 radical (unpaired) electrons. The van der Waals surface area contributed by atoms with E-state index in [1.165, 1.54) is 0 Å². The second kappa shape index (κ2) is 12.2. The molecule has 1 aliphatic heterocycles. The van der Waals surface area contributed by atoms with E-state index in [9.17, 15) is 9.59 Å². The highest BCUT2D eigenvalue weighted by molar-refractivity contribution is 7.80. The zero-order chi connectivity index (χ0) is 23.8. The molecular formula is C23H26Cl2N4O3S. The topological polar surface area (TPSA) is 73.9 Å². The third-order valence-corrected chi connectivity index (χ3v) is 5.88. The summed E-state index contributed by atoms with van der Waals surface area (Å²) in [5.74, 6) is 0.208. The molecule has 33 heavy (non-hydrogen) atoms. The van der Waals surface area contributed by atoms with Crippen LogP contribution in [0.3, 0.4) is 0 Å². The molecular weight excluding hydrogens is 483 g/mol. The number of amides is 2. The van der Waals surface area contributed by atoms with Crippen LogP contribution in [0.4, 0.5) is 5.69 Å². The normalized spacial score (nSPS) is 14.0. The van der Waals surface area contributed by atoms with E-state index < -0.39 is 0 Å². The van der Waals surface area contributed by atoms with Gasteiger partial charge >= 0.3 is 0 Å². The number of thiocarbonyl (C=S) groups is 1. The number of carbonyl (C=O) groups is 2. The van der Waals surface area contributed by atoms with E-state index in [4.69, 9.17) is 40.2 Å². The molecule has 0 unspecified atom stereocenters. The minimum atomic E-state index is -0.249. The van der Waals surface area contributed by atoms with Crippen LogP contribution in [-0.2, 0) is 4.79 Å². The second-order valence-electron chi connectivity index (χ2n) is 7.67. The van der Waals surface area contributed by atoms with Crippen LogP contribution in [0.2, 0.25) is 10.0 Å². The average molecular weight is 509 g/mol. The van der Waals surface area contributed by atoms with Gasteiger partial charge in [0.05, 0.1) is 22.9 Å². The summed E-state index contributed by atoms with van der Waals surface area (Å²) in [6, 6.07) is 12.1. The molecule has 10 heteroatoms. The van der Waals surface area contributed by atoms with E-state index in [0.29, 0.717) is 53.2 Å². The maximum absolute atomic E-state index is 13.0. The first kappa shape index (κ1) is 25.2. The summed E-state index contributed by atoms with van der Waals surface area (Å²) in [5, 5.41) is 6.71. The van der Waals surface area contributed by atoms with Crippen molar-refractivity contribution < 1.29 is 14.3 Å². The molecule has 0 atom stereocenters. The standard InChI is InChI=1S/C23H26Cl2N4O3S/c1-28-10-12-29(13-11-28)22(31)17-5-2-3-6-19(17)26-23(33)27-21(30)7-4-14-32-20-9-8-16(24)15-18(20)25/h2-3,5-6,8-9,15H,4,7,10-14H2,1H3,(H2,26,27,30,33). The van der Waals surface area contributed by atoms with Crippen LogP contribution in [0.15, 0.2) is 42.5 Å². The number of halogens is 2. The number of nitrogens with one attached hydrogen (secondary N) is 2. The Morgan fingerprint density at radius 2 is 1.82 bits per heavy atom. The number of carbonyl (C=O) groups excluding carboxylic acids is 2. The zero-order valence-electron chi connectivity index (χ0n) is 18.3. The van der Waals surface area contributed by atoms with E-state index in [-0.39, 0.29) is 23.3 Å². The maximum atomic E-state index is 13.0. The number of hydrogen-bond donors (Lipinski definition) is 2. The molecule has 2 aromatic carbocycles. The Hall–Kier alpha value is -2.39. The van der Waals surface area contributed by atoms with Crippen LogP contribution < -0.4 is 15.4 Å². The number of hydrogen-bond acceptors (Lipinski definition) is 5. The quantitative estimate of drug-likeness (QED) is 0.434. The fourth-order valence-electron chi connectivity index (χ4n) is 3.31. The largest absolute Gasteiger partial charge is 0.492 e. The van der Waals surface area contributed by atoms with Crippen molar-refractivity contribution in [1.82, 2.24) is 15.1 Å². The predicted molar refractivity (Wildman–Crippen MR) is 135 cm³/mol. The molecule has 2 aromatic rings. The van der Waals surface area contributed by atoms with Gasteiger partial charge in [-0.1, -0.05) is 35.3 Å². The van der Waals surface area contributed by atoms with Crippen molar-refractivity contribution in [2.24, 2.45) is 0 Å². The molecule has 2 amide bonds. The summed E-state index contributed by atoms with van der Waals surface area (Å²) >= 11 is 17.2. The number of anilines is 1. The molecule has 1 fully saturated rings. The molecule has 176 valence electrons. The fourth-order valence-corrected chi connectivity index (χ4v) is 4.00. The van der Waals surface area contributed by atoms with E-state index in [2.05, 4.69) is 15.5 Å². The molecule has 7 nitrogen and oxygen atoms in total. The Morgan fingerprint density at radius 1 is 1.09 bits per heavy atom. The van der Waals surface area contributed by atoms with Crippen molar-refractivity contribution >= 4 is 58.0 Å². The first-order valence-corrected chi connectivity index (χ1v) is 11.8. The van der Waals surface area contributed by atoms with Crippen LogP contribution in [0.1, 0.15) is 23.2 Å². The minimum Gasteiger partial charge on any atom is -0.492 e. The van der Waals surface area contributed by atoms with Crippen molar-refractivity contribution in [3.8, 4) is 5.75 Å². The summed E-state index contributed by atoms with van der Waals surface area (Å²) in [5.41, 5.74) is 1.08. The number of ether oxygens (including phenoxy) is 1. The lowest BCUT2D eigenvalue weighted by Gasteiger charge is -2.32. The van der Waals surface area contributed by atoms with Crippen molar-refractivity contribution in [2.75, 3.05) is 45.2 Å². The SMILES string of the molecule is CN1CCN(C(=O)c2ccccc2NC(=S)NC(=O)CCCOc2ccc(Cl)cc2Cl)CC1. The highest BCUT2D eigenvalue weighted by atomic mass is 35.5. The van der Waals surface area contributed by atoms with Gasteiger partial charge in [0, 0.05) is 37.6 Å². The van der Waals surface area contributed by atoms with Crippen LogP contribution >= 0.6 is 35.4 Å². The van der Waals surface area contributed by atoms with Gasteiger partial charge in [0.25, 0.3) is 5.91 Å². The van der Waals surface area contributed by atoms with E-state index in [1.54, 1.807) is 30.3 Å². The van der Waals surface area contributed by atoms with Crippen LogP contribution in [0.25, 0.3) is 0 Å². The smallest absolute Gasteiger partial charge is 0.256 e. The summed E-state index contributed by atoms with van der Waals surface area (Å²) in [6.45, 7) is 3.34. The molecule has 1 saturated heterocycles. The lowest BCUT2D eigenvalue weighted by atomic mass is 10.1. The Labute approximate surface area is 209 Å². The fraction of sp³-hybridized carbons (Fsp3) is 0.348. The van der Waals surface area contributed by atoms with Crippen LogP contribution in [0.5, 0.6) is 5.75 Å². The lowest BCUT2D eigenvalue weighted by Crippen LogP contribution is -2.47. The monoisotopic (exact) mass is 508 g/mol. The van der Waals surface area contributed by atoms with Crippen molar-refractivity contribution in [3.63, 3.8) is 0 Å². The summed E-state index contributed by atoms with van der Waals surface area (Å²) in [6.07, 6.45) is 0.695. The Morgan fingerprint density at radius 3 is 2.55 bits per heavy atom. The van der Waals surface area contributed by atoms with Gasteiger partial charge in [0.1, 0.15) is 5.75 Å². The predicted octanol–water partition coefficient (Wildman–Crippen LogP) is 4.05. The third kappa shape index (κ3) is 7.57. The first-order chi connectivity index (χ1) is 15.8. The molecule has 2 N–H and O–H groups in total. The summed E-state index contributed by atoms with van der Waals surface area (Å²) < 4.78 is 5.58. The molecule has 3 rings (SSSR count). The van der Waals surface area contributed by atoms with Crippen molar-refractivity contribution in [3.05, 3.63) is 58.1 Å². The van der Waals surface area contributed by atoms with Gasteiger partial charge < -0.3 is 25.2 Å². The second-order valence-corrected chi connectivity index (χ2v) is 8.92. The Bertz CT molecular complexity index is 1010. The minimum absolute atomic E-state index is 0.0571. The number of rotatable bonds is 7. The van der Waals surface area contributed by atoms with Gasteiger partial charge in [-0.15, -0.1) is 0 Å². The highest BCUT2D eigenvalue weighted by Gasteiger charge is 2.22. The van der Waals surface area contributed by atoms with Gasteiger partial charge in [0.15, 0.2) is 5.11 Å². The van der Waals surface area contributed by atoms with E-state index >= 15 is 0 Å². The number of nitrogens with zero attached hydrogens (tertiary/aromatic N) is 2. The van der Waals surface area contributed by atoms with E-state index in [1.807, 2.05) is 24.1 Å². The zero-order valence-corrected chi connectivity index (χ0v) is 20.6. The molecule has 1 heterocycles. The highest BCUT2D eigenvalue weighted by Crippen LogP contribution is 2.27. The molecule has 0 spiro atoms.